The molecule has 2 fully saturated rings. The van der Waals surface area contributed by atoms with Crippen molar-refractivity contribution in [1.82, 2.24) is 10.2 Å². The highest BCUT2D eigenvalue weighted by atomic mass is 19.1. The Morgan fingerprint density at radius 2 is 1.93 bits per heavy atom. The van der Waals surface area contributed by atoms with E-state index in [1.165, 1.54) is 17.7 Å². The molecule has 0 radical (unpaired) electrons. The van der Waals surface area contributed by atoms with Gasteiger partial charge in [-0.15, -0.1) is 0 Å². The van der Waals surface area contributed by atoms with E-state index in [2.05, 4.69) is 11.4 Å². The lowest BCUT2D eigenvalue weighted by Crippen LogP contribution is -2.52. The van der Waals surface area contributed by atoms with Crippen molar-refractivity contribution in [2.45, 2.75) is 37.1 Å². The maximum absolute atomic E-state index is 13.5. The van der Waals surface area contributed by atoms with Crippen LogP contribution in [0.4, 0.5) is 9.18 Å². The summed E-state index contributed by atoms with van der Waals surface area (Å²) in [6.45, 7) is 0.750. The number of halogens is 1. The first-order valence-electron chi connectivity index (χ1n) is 9.82. The summed E-state index contributed by atoms with van der Waals surface area (Å²) in [7, 11) is 0. The summed E-state index contributed by atoms with van der Waals surface area (Å²) in [5, 5.41) is 2.75. The zero-order valence-electron chi connectivity index (χ0n) is 15.7. The molecular weight excluding hydrogens is 375 g/mol. The van der Waals surface area contributed by atoms with Gasteiger partial charge >= 0.3 is 6.09 Å². The van der Waals surface area contributed by atoms with Crippen LogP contribution in [0.25, 0.3) is 0 Å². The van der Waals surface area contributed by atoms with E-state index in [0.717, 1.165) is 17.5 Å². The van der Waals surface area contributed by atoms with E-state index in [1.807, 2.05) is 23.1 Å². The third-order valence-corrected chi connectivity index (χ3v) is 5.97. The van der Waals surface area contributed by atoms with Crippen molar-refractivity contribution in [1.29, 1.82) is 0 Å². The molecule has 6 nitrogen and oxygen atoms in total. The Labute approximate surface area is 167 Å². The van der Waals surface area contributed by atoms with Crippen LogP contribution in [0.5, 0.6) is 0 Å². The number of amides is 2. The number of carbonyl (C=O) groups is 2. The van der Waals surface area contributed by atoms with Gasteiger partial charge in [0.15, 0.2) is 0 Å². The van der Waals surface area contributed by atoms with Crippen LogP contribution in [-0.2, 0) is 20.7 Å². The normalized spacial score (nSPS) is 28.2. The van der Waals surface area contributed by atoms with Crippen LogP contribution in [0.1, 0.15) is 29.2 Å². The predicted octanol–water partition coefficient (Wildman–Crippen LogP) is 2.57. The van der Waals surface area contributed by atoms with Crippen molar-refractivity contribution in [3.8, 4) is 0 Å². The van der Waals surface area contributed by atoms with Crippen LogP contribution >= 0.6 is 0 Å². The standard InChI is InChI=1S/C22H21FN2O4/c23-15-7-5-14(6-8-15)20-16-4-2-1-3-13(16)9-10-25(20)21(26)18-11-17-19(12-28-18)29-22(27)24-17/h1-8,17-20H,9-12H2,(H,24,27)/t17?,18?,19?,20-/m0/s1. The number of alkyl carbamates (subject to hydrolysis) is 1. The molecule has 3 aliphatic heterocycles. The molecule has 0 bridgehead atoms. The van der Waals surface area contributed by atoms with Crippen LogP contribution in [0.2, 0.25) is 0 Å². The summed E-state index contributed by atoms with van der Waals surface area (Å²) >= 11 is 0. The van der Waals surface area contributed by atoms with Gasteiger partial charge in [-0.25, -0.2) is 9.18 Å². The minimum Gasteiger partial charge on any atom is -0.442 e. The molecule has 7 heteroatoms. The second-order valence-corrected chi connectivity index (χ2v) is 7.69. The van der Waals surface area contributed by atoms with Crippen molar-refractivity contribution in [3.63, 3.8) is 0 Å². The predicted molar refractivity (Wildman–Crippen MR) is 102 cm³/mol. The van der Waals surface area contributed by atoms with Gasteiger partial charge in [0.05, 0.1) is 18.7 Å². The Morgan fingerprint density at radius 3 is 2.76 bits per heavy atom. The summed E-state index contributed by atoms with van der Waals surface area (Å²) in [6.07, 6.45) is -0.331. The molecule has 2 amide bonds. The van der Waals surface area contributed by atoms with Gasteiger partial charge in [-0.05, 0) is 35.2 Å². The summed E-state index contributed by atoms with van der Waals surface area (Å²) in [6, 6.07) is 13.8. The fourth-order valence-corrected chi connectivity index (χ4v) is 4.53. The minimum absolute atomic E-state index is 0.117. The number of rotatable bonds is 2. The van der Waals surface area contributed by atoms with Crippen molar-refractivity contribution in [3.05, 3.63) is 71.0 Å². The maximum Gasteiger partial charge on any atom is 0.407 e. The molecule has 2 aromatic carbocycles. The third kappa shape index (κ3) is 3.25. The number of hydrogen-bond acceptors (Lipinski definition) is 4. The number of nitrogens with one attached hydrogen (secondary N) is 1. The van der Waals surface area contributed by atoms with Gasteiger partial charge < -0.3 is 19.7 Å². The fraction of sp³-hybridized carbons (Fsp3) is 0.364. The van der Waals surface area contributed by atoms with Crippen molar-refractivity contribution in [2.24, 2.45) is 0 Å². The highest BCUT2D eigenvalue weighted by Gasteiger charge is 2.44. The Hall–Kier alpha value is -2.93. The van der Waals surface area contributed by atoms with E-state index < -0.39 is 12.2 Å². The number of nitrogens with zero attached hydrogens (tertiary/aromatic N) is 1. The van der Waals surface area contributed by atoms with Gasteiger partial charge in [0.2, 0.25) is 0 Å². The summed E-state index contributed by atoms with van der Waals surface area (Å²) < 4.78 is 24.4. The second kappa shape index (κ2) is 7.15. The SMILES string of the molecule is O=C1NC2CC(C(=O)N3CCc4ccccc4[C@@H]3c3ccc(F)cc3)OCC2O1. The second-order valence-electron chi connectivity index (χ2n) is 7.69. The van der Waals surface area contributed by atoms with Gasteiger partial charge in [-0.1, -0.05) is 36.4 Å². The molecule has 29 heavy (non-hydrogen) atoms. The molecule has 0 saturated carbocycles. The summed E-state index contributed by atoms with van der Waals surface area (Å²) in [5.41, 5.74) is 3.09. The number of carbonyl (C=O) groups excluding carboxylic acids is 2. The van der Waals surface area contributed by atoms with Crippen LogP contribution in [0.3, 0.4) is 0 Å². The molecule has 0 aromatic heterocycles. The monoisotopic (exact) mass is 396 g/mol. The van der Waals surface area contributed by atoms with Crippen molar-refractivity contribution >= 4 is 12.0 Å². The number of ether oxygens (including phenoxy) is 2. The molecule has 3 unspecified atom stereocenters. The fourth-order valence-electron chi connectivity index (χ4n) is 4.53. The molecular formula is C22H21FN2O4. The Kier molecular flexibility index (Phi) is 4.47. The molecule has 3 heterocycles. The van der Waals surface area contributed by atoms with E-state index in [0.29, 0.717) is 13.0 Å². The molecule has 0 aliphatic carbocycles. The van der Waals surface area contributed by atoms with E-state index in [1.54, 1.807) is 12.1 Å². The zero-order chi connectivity index (χ0) is 20.0. The van der Waals surface area contributed by atoms with Gasteiger partial charge in [-0.3, -0.25) is 4.79 Å². The van der Waals surface area contributed by atoms with Gasteiger partial charge in [0.1, 0.15) is 18.0 Å². The first-order valence-corrected chi connectivity index (χ1v) is 9.82. The van der Waals surface area contributed by atoms with E-state index >= 15 is 0 Å². The highest BCUT2D eigenvalue weighted by molar-refractivity contribution is 5.83. The third-order valence-electron chi connectivity index (χ3n) is 5.97. The summed E-state index contributed by atoms with van der Waals surface area (Å²) in [5.74, 6) is -0.428. The lowest BCUT2D eigenvalue weighted by atomic mass is 9.87. The van der Waals surface area contributed by atoms with Crippen molar-refractivity contribution in [2.75, 3.05) is 13.2 Å². The molecule has 150 valence electrons. The topological polar surface area (TPSA) is 67.9 Å². The van der Waals surface area contributed by atoms with Gasteiger partial charge in [-0.2, -0.15) is 0 Å². The Morgan fingerprint density at radius 1 is 1.14 bits per heavy atom. The average Bonchev–Trinajstić information content (AvgIpc) is 3.12. The molecule has 1 N–H and O–H groups in total. The minimum atomic E-state index is -0.647. The molecule has 5 rings (SSSR count). The molecule has 4 atom stereocenters. The lowest BCUT2D eigenvalue weighted by Gasteiger charge is -2.40. The first kappa shape index (κ1) is 18.1. The average molecular weight is 396 g/mol. The number of hydrogen-bond donors (Lipinski definition) is 1. The molecule has 0 spiro atoms. The number of benzene rings is 2. The van der Waals surface area contributed by atoms with Crippen molar-refractivity contribution < 1.29 is 23.5 Å². The Bertz CT molecular complexity index is 948. The van der Waals surface area contributed by atoms with Crippen LogP contribution in [0.15, 0.2) is 48.5 Å². The Balaban J connectivity index is 1.45. The summed E-state index contributed by atoms with van der Waals surface area (Å²) in [4.78, 5) is 26.7. The van der Waals surface area contributed by atoms with E-state index in [9.17, 15) is 14.0 Å². The van der Waals surface area contributed by atoms with Gasteiger partial charge in [0.25, 0.3) is 5.91 Å². The molecule has 3 aliphatic rings. The van der Waals surface area contributed by atoms with Gasteiger partial charge in [0, 0.05) is 13.0 Å². The zero-order valence-corrected chi connectivity index (χ0v) is 15.7. The molecule has 2 aromatic rings. The first-order chi connectivity index (χ1) is 14.1. The largest absolute Gasteiger partial charge is 0.442 e. The maximum atomic E-state index is 13.5. The quantitative estimate of drug-likeness (QED) is 0.847. The van der Waals surface area contributed by atoms with E-state index in [4.69, 9.17) is 9.47 Å². The lowest BCUT2D eigenvalue weighted by molar-refractivity contribution is -0.153. The molecule has 2 saturated heterocycles. The van der Waals surface area contributed by atoms with Crippen LogP contribution in [0, 0.1) is 5.82 Å². The highest BCUT2D eigenvalue weighted by Crippen LogP contribution is 2.36. The van der Waals surface area contributed by atoms with Crippen LogP contribution < -0.4 is 5.32 Å². The van der Waals surface area contributed by atoms with E-state index in [-0.39, 0.29) is 36.5 Å². The van der Waals surface area contributed by atoms with Crippen LogP contribution in [-0.4, -0.2) is 48.3 Å². The number of fused-ring (bicyclic) bond motifs is 2. The smallest absolute Gasteiger partial charge is 0.407 e.